The fourth-order valence-electron chi connectivity index (χ4n) is 2.64. The molecule has 0 fully saturated rings. The van der Waals surface area contributed by atoms with E-state index in [9.17, 15) is 18.4 Å². The molecule has 0 radical (unpaired) electrons. The van der Waals surface area contributed by atoms with Gasteiger partial charge in [0.1, 0.15) is 17.4 Å². The molecule has 0 spiro atoms. The smallest absolute Gasteiger partial charge is 0.264 e. The van der Waals surface area contributed by atoms with Crippen LogP contribution in [0.15, 0.2) is 42.5 Å². The molecular weight excluding hydrogens is 316 g/mol. The summed E-state index contributed by atoms with van der Waals surface area (Å²) in [5.41, 5.74) is 0.508. The molecule has 0 aliphatic carbocycles. The highest BCUT2D eigenvalue weighted by Gasteiger charge is 2.33. The Hall–Kier alpha value is -2.76. The van der Waals surface area contributed by atoms with E-state index in [-0.39, 0.29) is 30.1 Å². The van der Waals surface area contributed by atoms with Gasteiger partial charge in [0.2, 0.25) is 0 Å². The van der Waals surface area contributed by atoms with Crippen LogP contribution in [0.3, 0.4) is 0 Å². The standard InChI is InChI=1S/C18H15F2NO3/c1-21(10-11-4-2-3-5-14(11)20)18(23)17-9-15(22)13-8-12(19)6-7-16(13)24-17/h2-8,17H,9-10H2,1H3. The lowest BCUT2D eigenvalue weighted by molar-refractivity contribution is -0.138. The summed E-state index contributed by atoms with van der Waals surface area (Å²) in [6.45, 7) is 0.0653. The van der Waals surface area contributed by atoms with Crippen molar-refractivity contribution in [2.75, 3.05) is 7.05 Å². The maximum Gasteiger partial charge on any atom is 0.264 e. The summed E-state index contributed by atoms with van der Waals surface area (Å²) >= 11 is 0. The highest BCUT2D eigenvalue weighted by atomic mass is 19.1. The number of fused-ring (bicyclic) bond motifs is 1. The average molecular weight is 331 g/mol. The van der Waals surface area contributed by atoms with Crippen LogP contribution in [0.4, 0.5) is 8.78 Å². The number of Topliss-reactive ketones (excluding diaryl/α,β-unsaturated/α-hetero) is 1. The van der Waals surface area contributed by atoms with Crippen molar-refractivity contribution in [2.24, 2.45) is 0 Å². The van der Waals surface area contributed by atoms with Crippen LogP contribution in [0.1, 0.15) is 22.3 Å². The Bertz CT molecular complexity index is 807. The van der Waals surface area contributed by atoms with Crippen molar-refractivity contribution in [3.8, 4) is 5.75 Å². The van der Waals surface area contributed by atoms with Gasteiger partial charge in [-0.2, -0.15) is 0 Å². The van der Waals surface area contributed by atoms with Crippen LogP contribution < -0.4 is 4.74 Å². The van der Waals surface area contributed by atoms with Gasteiger partial charge >= 0.3 is 0 Å². The third-order valence-electron chi connectivity index (χ3n) is 3.90. The molecule has 4 nitrogen and oxygen atoms in total. The van der Waals surface area contributed by atoms with E-state index in [1.807, 2.05) is 0 Å². The summed E-state index contributed by atoms with van der Waals surface area (Å²) in [4.78, 5) is 25.9. The number of carbonyl (C=O) groups is 2. The van der Waals surface area contributed by atoms with Gasteiger partial charge in [0, 0.05) is 19.2 Å². The molecule has 2 aromatic carbocycles. The van der Waals surface area contributed by atoms with E-state index in [0.717, 1.165) is 6.07 Å². The summed E-state index contributed by atoms with van der Waals surface area (Å²) in [5.74, 6) is -1.54. The molecule has 0 saturated heterocycles. The van der Waals surface area contributed by atoms with E-state index in [2.05, 4.69) is 0 Å². The SMILES string of the molecule is CN(Cc1ccccc1F)C(=O)C1CC(=O)c2cc(F)ccc2O1. The molecule has 2 aromatic rings. The molecule has 1 unspecified atom stereocenters. The van der Waals surface area contributed by atoms with Gasteiger partial charge in [-0.3, -0.25) is 9.59 Å². The quantitative estimate of drug-likeness (QED) is 0.869. The molecule has 24 heavy (non-hydrogen) atoms. The number of nitrogens with zero attached hydrogens (tertiary/aromatic N) is 1. The third kappa shape index (κ3) is 3.13. The van der Waals surface area contributed by atoms with E-state index >= 15 is 0 Å². The zero-order valence-corrected chi connectivity index (χ0v) is 13.0. The summed E-state index contributed by atoms with van der Waals surface area (Å²) < 4.78 is 32.4. The van der Waals surface area contributed by atoms with Crippen LogP contribution in [0.5, 0.6) is 5.75 Å². The maximum atomic E-state index is 13.7. The van der Waals surface area contributed by atoms with Crippen molar-refractivity contribution in [3.05, 3.63) is 65.2 Å². The zero-order valence-electron chi connectivity index (χ0n) is 13.0. The highest BCUT2D eigenvalue weighted by molar-refractivity contribution is 6.03. The Morgan fingerprint density at radius 3 is 2.75 bits per heavy atom. The summed E-state index contributed by atoms with van der Waals surface area (Å²) in [5, 5.41) is 0. The summed E-state index contributed by atoms with van der Waals surface area (Å²) in [7, 11) is 1.52. The second-order valence-corrected chi connectivity index (χ2v) is 5.66. The highest BCUT2D eigenvalue weighted by Crippen LogP contribution is 2.29. The fourth-order valence-corrected chi connectivity index (χ4v) is 2.64. The third-order valence-corrected chi connectivity index (χ3v) is 3.90. The number of ketones is 1. The van der Waals surface area contributed by atoms with Crippen LogP contribution in [0.2, 0.25) is 0 Å². The number of hydrogen-bond acceptors (Lipinski definition) is 3. The van der Waals surface area contributed by atoms with Crippen molar-refractivity contribution in [2.45, 2.75) is 19.1 Å². The molecule has 1 atom stereocenters. The van der Waals surface area contributed by atoms with Crippen molar-refractivity contribution in [3.63, 3.8) is 0 Å². The lowest BCUT2D eigenvalue weighted by Crippen LogP contribution is -2.42. The molecule has 1 heterocycles. The minimum atomic E-state index is -0.993. The Kier molecular flexibility index (Phi) is 4.29. The monoisotopic (exact) mass is 331 g/mol. The molecule has 0 N–H and O–H groups in total. The van der Waals surface area contributed by atoms with Gasteiger partial charge in [0.15, 0.2) is 11.9 Å². The minimum absolute atomic E-state index is 0.0653. The first-order valence-electron chi connectivity index (χ1n) is 7.43. The molecule has 1 amide bonds. The fraction of sp³-hybridized carbons (Fsp3) is 0.222. The number of amides is 1. The number of rotatable bonds is 3. The Morgan fingerprint density at radius 2 is 2.00 bits per heavy atom. The van der Waals surface area contributed by atoms with Crippen molar-refractivity contribution in [1.82, 2.24) is 4.90 Å². The van der Waals surface area contributed by atoms with Crippen LogP contribution in [0, 0.1) is 11.6 Å². The molecule has 6 heteroatoms. The van der Waals surface area contributed by atoms with Crippen LogP contribution in [-0.4, -0.2) is 29.7 Å². The van der Waals surface area contributed by atoms with E-state index in [1.165, 1.54) is 30.1 Å². The average Bonchev–Trinajstić information content (AvgIpc) is 2.56. The molecule has 3 rings (SSSR count). The second kappa shape index (κ2) is 6.39. The number of hydrogen-bond donors (Lipinski definition) is 0. The number of benzene rings is 2. The topological polar surface area (TPSA) is 46.6 Å². The van der Waals surface area contributed by atoms with Gasteiger partial charge in [0.05, 0.1) is 12.0 Å². The molecule has 1 aliphatic heterocycles. The Labute approximate surface area is 137 Å². The van der Waals surface area contributed by atoms with Gasteiger partial charge in [-0.05, 0) is 24.3 Å². The lowest BCUT2D eigenvalue weighted by Gasteiger charge is -2.28. The van der Waals surface area contributed by atoms with Crippen molar-refractivity contribution >= 4 is 11.7 Å². The van der Waals surface area contributed by atoms with Gasteiger partial charge < -0.3 is 9.64 Å². The van der Waals surface area contributed by atoms with Gasteiger partial charge in [-0.15, -0.1) is 0 Å². The Balaban J connectivity index is 1.75. The second-order valence-electron chi connectivity index (χ2n) is 5.66. The van der Waals surface area contributed by atoms with Crippen LogP contribution in [0.25, 0.3) is 0 Å². The normalized spacial score (nSPS) is 16.3. The van der Waals surface area contributed by atoms with Crippen molar-refractivity contribution in [1.29, 1.82) is 0 Å². The first-order chi connectivity index (χ1) is 11.5. The summed E-state index contributed by atoms with van der Waals surface area (Å²) in [6, 6.07) is 9.76. The van der Waals surface area contributed by atoms with E-state index in [0.29, 0.717) is 5.56 Å². The molecular formula is C18H15F2NO3. The number of ether oxygens (including phenoxy) is 1. The van der Waals surface area contributed by atoms with Gasteiger partial charge in [0.25, 0.3) is 5.91 Å². The number of likely N-dealkylation sites (N-methyl/N-ethyl adjacent to an activating group) is 1. The zero-order chi connectivity index (χ0) is 17.3. The maximum absolute atomic E-state index is 13.7. The van der Waals surface area contributed by atoms with Crippen LogP contribution in [-0.2, 0) is 11.3 Å². The first-order valence-corrected chi connectivity index (χ1v) is 7.43. The molecule has 1 aliphatic rings. The van der Waals surface area contributed by atoms with E-state index in [1.54, 1.807) is 18.2 Å². The number of carbonyl (C=O) groups excluding carboxylic acids is 2. The molecule has 0 bridgehead atoms. The lowest BCUT2D eigenvalue weighted by atomic mass is 10.00. The molecule has 0 saturated carbocycles. The predicted molar refractivity (Wildman–Crippen MR) is 82.6 cm³/mol. The van der Waals surface area contributed by atoms with E-state index in [4.69, 9.17) is 4.74 Å². The summed E-state index contributed by atoms with van der Waals surface area (Å²) in [6.07, 6.45) is -1.16. The molecule has 124 valence electrons. The minimum Gasteiger partial charge on any atom is -0.479 e. The predicted octanol–water partition coefficient (Wildman–Crippen LogP) is 2.96. The van der Waals surface area contributed by atoms with Gasteiger partial charge in [-0.25, -0.2) is 8.78 Å². The van der Waals surface area contributed by atoms with E-state index < -0.39 is 23.6 Å². The Morgan fingerprint density at radius 1 is 1.25 bits per heavy atom. The first kappa shape index (κ1) is 16.1. The van der Waals surface area contributed by atoms with Crippen LogP contribution >= 0.6 is 0 Å². The largest absolute Gasteiger partial charge is 0.479 e. The molecule has 0 aromatic heterocycles. The van der Waals surface area contributed by atoms with Gasteiger partial charge in [-0.1, -0.05) is 18.2 Å². The van der Waals surface area contributed by atoms with Crippen molar-refractivity contribution < 1.29 is 23.1 Å². The number of halogens is 2.